The molecule has 1 unspecified atom stereocenters. The fourth-order valence-electron chi connectivity index (χ4n) is 1.54. The number of halogens is 1. The molecule has 1 amide bonds. The van der Waals surface area contributed by atoms with Crippen LogP contribution in [-0.2, 0) is 4.79 Å². The third-order valence-corrected chi connectivity index (χ3v) is 3.38. The third-order valence-electron chi connectivity index (χ3n) is 2.72. The zero-order chi connectivity index (χ0) is 13.7. The second kappa shape index (κ2) is 6.41. The minimum absolute atomic E-state index is 0.00126. The maximum Gasteiger partial charge on any atom is 0.244 e. The van der Waals surface area contributed by atoms with Gasteiger partial charge in [-0.15, -0.1) is 0 Å². The number of hydrogen-bond donors (Lipinski definition) is 1. The molecule has 0 saturated carbocycles. The van der Waals surface area contributed by atoms with Crippen LogP contribution in [0.25, 0.3) is 0 Å². The summed E-state index contributed by atoms with van der Waals surface area (Å²) in [6.07, 6.45) is 0. The number of likely N-dealkylation sites (N-methyl/N-ethyl adjacent to an activating group) is 1. The van der Waals surface area contributed by atoms with Crippen molar-refractivity contribution in [3.05, 3.63) is 28.2 Å². The highest BCUT2D eigenvalue weighted by Crippen LogP contribution is 2.24. The van der Waals surface area contributed by atoms with Gasteiger partial charge in [-0.2, -0.15) is 5.26 Å². The average molecular weight is 310 g/mol. The van der Waals surface area contributed by atoms with Crippen molar-refractivity contribution in [1.82, 2.24) is 4.90 Å². The minimum Gasteiger partial charge on any atom is -0.373 e. The van der Waals surface area contributed by atoms with E-state index in [1.54, 1.807) is 31.0 Å². The number of carbonyl (C=O) groups is 1. The van der Waals surface area contributed by atoms with Gasteiger partial charge in [0.05, 0.1) is 11.3 Å². The van der Waals surface area contributed by atoms with E-state index < -0.39 is 0 Å². The van der Waals surface area contributed by atoms with Gasteiger partial charge in [-0.3, -0.25) is 4.79 Å². The van der Waals surface area contributed by atoms with Crippen LogP contribution in [0.2, 0.25) is 0 Å². The lowest BCUT2D eigenvalue weighted by molar-refractivity contribution is -0.130. The summed E-state index contributed by atoms with van der Waals surface area (Å²) in [7, 11) is 1.76. The average Bonchev–Trinajstić information content (AvgIpc) is 2.37. The molecule has 0 radical (unpaired) electrons. The normalized spacial score (nSPS) is 11.5. The quantitative estimate of drug-likeness (QED) is 0.930. The van der Waals surface area contributed by atoms with Crippen molar-refractivity contribution in [2.45, 2.75) is 19.9 Å². The van der Waals surface area contributed by atoms with Crippen molar-refractivity contribution < 1.29 is 4.79 Å². The summed E-state index contributed by atoms with van der Waals surface area (Å²) in [5.41, 5.74) is 1.17. The van der Waals surface area contributed by atoms with Gasteiger partial charge in [-0.25, -0.2) is 0 Å². The van der Waals surface area contributed by atoms with Crippen molar-refractivity contribution in [1.29, 1.82) is 5.26 Å². The number of amides is 1. The van der Waals surface area contributed by atoms with Crippen LogP contribution >= 0.6 is 15.9 Å². The van der Waals surface area contributed by atoms with E-state index in [9.17, 15) is 4.79 Å². The predicted molar refractivity (Wildman–Crippen MR) is 75.3 cm³/mol. The summed E-state index contributed by atoms with van der Waals surface area (Å²) in [5, 5.41) is 12.2. The molecule has 0 aliphatic heterocycles. The van der Waals surface area contributed by atoms with Gasteiger partial charge in [0.2, 0.25) is 5.91 Å². The Labute approximate surface area is 116 Å². The van der Waals surface area contributed by atoms with E-state index in [1.807, 2.05) is 13.0 Å². The Hall–Kier alpha value is -1.54. The third kappa shape index (κ3) is 3.23. The number of nitriles is 1. The number of carbonyl (C=O) groups excluding carboxylic acids is 1. The Morgan fingerprint density at radius 1 is 1.61 bits per heavy atom. The van der Waals surface area contributed by atoms with Crippen LogP contribution in [0.5, 0.6) is 0 Å². The van der Waals surface area contributed by atoms with E-state index in [0.29, 0.717) is 17.8 Å². The number of nitrogens with zero attached hydrogens (tertiary/aromatic N) is 2. The summed E-state index contributed by atoms with van der Waals surface area (Å²) in [4.78, 5) is 13.6. The molecule has 0 aromatic heterocycles. The van der Waals surface area contributed by atoms with E-state index >= 15 is 0 Å². The SMILES string of the molecule is CCN(C)C(=O)C(C)Nc1cccc(Br)c1C#N. The lowest BCUT2D eigenvalue weighted by atomic mass is 10.1. The standard InChI is InChI=1S/C13H16BrN3O/c1-4-17(3)13(18)9(2)16-12-7-5-6-11(14)10(12)8-15/h5-7,9,16H,4H2,1-3H3. The molecule has 5 heteroatoms. The second-order valence-corrected chi connectivity index (χ2v) is 4.85. The molecule has 18 heavy (non-hydrogen) atoms. The molecule has 1 rings (SSSR count). The van der Waals surface area contributed by atoms with Crippen LogP contribution in [0.4, 0.5) is 5.69 Å². The Bertz CT molecular complexity index is 482. The van der Waals surface area contributed by atoms with Crippen LogP contribution < -0.4 is 5.32 Å². The van der Waals surface area contributed by atoms with Gasteiger partial charge in [0.25, 0.3) is 0 Å². The molecule has 1 aromatic carbocycles. The fraction of sp³-hybridized carbons (Fsp3) is 0.385. The number of rotatable bonds is 4. The molecule has 4 nitrogen and oxygen atoms in total. The van der Waals surface area contributed by atoms with Crippen molar-refractivity contribution in [3.8, 4) is 6.07 Å². The van der Waals surface area contributed by atoms with Gasteiger partial charge >= 0.3 is 0 Å². The monoisotopic (exact) mass is 309 g/mol. The molecule has 96 valence electrons. The highest BCUT2D eigenvalue weighted by atomic mass is 79.9. The maximum absolute atomic E-state index is 11.9. The fourth-order valence-corrected chi connectivity index (χ4v) is 1.99. The Morgan fingerprint density at radius 3 is 2.83 bits per heavy atom. The molecule has 1 atom stereocenters. The van der Waals surface area contributed by atoms with Crippen molar-refractivity contribution in [2.24, 2.45) is 0 Å². The van der Waals surface area contributed by atoms with Gasteiger partial charge in [0.15, 0.2) is 0 Å². The molecular formula is C13H16BrN3O. The first kappa shape index (κ1) is 14.5. The summed E-state index contributed by atoms with van der Waals surface area (Å²) < 4.78 is 0.721. The minimum atomic E-state index is -0.364. The van der Waals surface area contributed by atoms with Crippen LogP contribution in [0.1, 0.15) is 19.4 Å². The predicted octanol–water partition coefficient (Wildman–Crippen LogP) is 2.60. The van der Waals surface area contributed by atoms with Gasteiger partial charge in [-0.1, -0.05) is 6.07 Å². The molecule has 1 N–H and O–H groups in total. The lowest BCUT2D eigenvalue weighted by Gasteiger charge is -2.21. The second-order valence-electron chi connectivity index (χ2n) is 3.99. The Morgan fingerprint density at radius 2 is 2.28 bits per heavy atom. The van der Waals surface area contributed by atoms with E-state index in [4.69, 9.17) is 5.26 Å². The molecule has 0 saturated heterocycles. The van der Waals surface area contributed by atoms with E-state index in [1.165, 1.54) is 0 Å². The van der Waals surface area contributed by atoms with E-state index in [2.05, 4.69) is 27.3 Å². The van der Waals surface area contributed by atoms with Crippen molar-refractivity contribution >= 4 is 27.5 Å². The van der Waals surface area contributed by atoms with Gasteiger partial charge in [0.1, 0.15) is 12.1 Å². The smallest absolute Gasteiger partial charge is 0.244 e. The summed E-state index contributed by atoms with van der Waals surface area (Å²) >= 11 is 3.32. The molecule has 0 bridgehead atoms. The number of anilines is 1. The zero-order valence-electron chi connectivity index (χ0n) is 10.7. The summed E-state index contributed by atoms with van der Waals surface area (Å²) in [6.45, 7) is 4.37. The first-order chi connectivity index (χ1) is 8.51. The van der Waals surface area contributed by atoms with Crippen molar-refractivity contribution in [2.75, 3.05) is 18.9 Å². The lowest BCUT2D eigenvalue weighted by Crippen LogP contribution is -2.38. The molecule has 0 aliphatic carbocycles. The first-order valence-electron chi connectivity index (χ1n) is 5.71. The topological polar surface area (TPSA) is 56.1 Å². The van der Waals surface area contributed by atoms with E-state index in [-0.39, 0.29) is 11.9 Å². The number of nitrogens with one attached hydrogen (secondary N) is 1. The van der Waals surface area contributed by atoms with Crippen LogP contribution in [0.3, 0.4) is 0 Å². The molecular weight excluding hydrogens is 294 g/mol. The van der Waals surface area contributed by atoms with Gasteiger partial charge in [-0.05, 0) is 41.9 Å². The summed E-state index contributed by atoms with van der Waals surface area (Å²) in [5.74, 6) is 0.00126. The zero-order valence-corrected chi connectivity index (χ0v) is 12.3. The Balaban J connectivity index is 2.89. The highest BCUT2D eigenvalue weighted by molar-refractivity contribution is 9.10. The summed E-state index contributed by atoms with van der Waals surface area (Å²) in [6, 6.07) is 7.17. The van der Waals surface area contributed by atoms with Gasteiger partial charge in [0, 0.05) is 18.1 Å². The molecule has 1 aromatic rings. The maximum atomic E-state index is 11.9. The van der Waals surface area contributed by atoms with Crippen molar-refractivity contribution in [3.63, 3.8) is 0 Å². The highest BCUT2D eigenvalue weighted by Gasteiger charge is 2.17. The first-order valence-corrected chi connectivity index (χ1v) is 6.50. The number of benzene rings is 1. The number of hydrogen-bond acceptors (Lipinski definition) is 3. The van der Waals surface area contributed by atoms with Gasteiger partial charge < -0.3 is 10.2 Å². The Kier molecular flexibility index (Phi) is 5.17. The molecule has 0 spiro atoms. The van der Waals surface area contributed by atoms with Crippen LogP contribution in [-0.4, -0.2) is 30.4 Å². The molecule has 0 fully saturated rings. The largest absolute Gasteiger partial charge is 0.373 e. The molecule has 0 aliphatic rings. The van der Waals surface area contributed by atoms with E-state index in [0.717, 1.165) is 4.47 Å². The van der Waals surface area contributed by atoms with Crippen LogP contribution in [0, 0.1) is 11.3 Å². The molecule has 0 heterocycles. The van der Waals surface area contributed by atoms with Crippen LogP contribution in [0.15, 0.2) is 22.7 Å².